The number of rotatable bonds is 3. The fourth-order valence-corrected chi connectivity index (χ4v) is 2.16. The van der Waals surface area contributed by atoms with Gasteiger partial charge in [-0.2, -0.15) is 5.10 Å². The van der Waals surface area contributed by atoms with Gasteiger partial charge in [0.2, 0.25) is 0 Å². The summed E-state index contributed by atoms with van der Waals surface area (Å²) in [6.07, 6.45) is 0.707. The average molecular weight is 279 g/mol. The van der Waals surface area contributed by atoms with Gasteiger partial charge in [0.15, 0.2) is 5.82 Å². The van der Waals surface area contributed by atoms with Gasteiger partial charge in [-0.05, 0) is 5.56 Å². The van der Waals surface area contributed by atoms with E-state index in [0.717, 1.165) is 11.3 Å². The van der Waals surface area contributed by atoms with E-state index in [1.807, 2.05) is 48.5 Å². The lowest BCUT2D eigenvalue weighted by atomic mass is 10.1. The van der Waals surface area contributed by atoms with Crippen LogP contribution in [-0.2, 0) is 6.42 Å². The first-order chi connectivity index (χ1) is 9.83. The predicted molar refractivity (Wildman–Crippen MR) is 81.9 cm³/mol. The molecule has 0 unspecified atom stereocenters. The maximum Gasteiger partial charge on any atom is 0.179 e. The van der Waals surface area contributed by atoms with E-state index in [0.29, 0.717) is 16.9 Å². The largest absolute Gasteiger partial charge is 0.264 e. The second-order valence-electron chi connectivity index (χ2n) is 4.46. The summed E-state index contributed by atoms with van der Waals surface area (Å²) < 4.78 is 0.591. The van der Waals surface area contributed by atoms with Gasteiger partial charge in [-0.25, -0.2) is 4.98 Å². The minimum absolute atomic E-state index is 0.591. The van der Waals surface area contributed by atoms with Gasteiger partial charge in [0.25, 0.3) is 0 Å². The van der Waals surface area contributed by atoms with Crippen LogP contribution in [0, 0.1) is 4.64 Å². The van der Waals surface area contributed by atoms with Gasteiger partial charge in [0.05, 0.1) is 5.69 Å². The first-order valence-electron chi connectivity index (χ1n) is 6.38. The molecule has 20 heavy (non-hydrogen) atoms. The average Bonchev–Trinajstić information content (AvgIpc) is 2.51. The molecule has 0 radical (unpaired) electrons. The molecular formula is C16H13N3S. The molecule has 0 fully saturated rings. The summed E-state index contributed by atoms with van der Waals surface area (Å²) in [5, 5.41) is 7.10. The molecule has 0 saturated heterocycles. The second-order valence-corrected chi connectivity index (χ2v) is 4.87. The Labute approximate surface area is 122 Å². The molecule has 0 atom stereocenters. The third-order valence-electron chi connectivity index (χ3n) is 3.01. The lowest BCUT2D eigenvalue weighted by Gasteiger charge is -2.04. The van der Waals surface area contributed by atoms with Crippen LogP contribution in [0.4, 0.5) is 0 Å². The Kier molecular flexibility index (Phi) is 3.65. The second kappa shape index (κ2) is 5.75. The number of nitrogens with one attached hydrogen (secondary N) is 1. The van der Waals surface area contributed by atoms with Gasteiger partial charge in [-0.15, -0.1) is 0 Å². The minimum Gasteiger partial charge on any atom is -0.264 e. The summed E-state index contributed by atoms with van der Waals surface area (Å²) in [5.41, 5.74) is 3.01. The Morgan fingerprint density at radius 1 is 0.900 bits per heavy atom. The van der Waals surface area contributed by atoms with Crippen LogP contribution in [0.1, 0.15) is 11.3 Å². The zero-order valence-corrected chi connectivity index (χ0v) is 11.6. The number of hydrogen-bond donors (Lipinski definition) is 1. The summed E-state index contributed by atoms with van der Waals surface area (Å²) in [6, 6.07) is 20.0. The van der Waals surface area contributed by atoms with Crippen LogP contribution in [0.3, 0.4) is 0 Å². The molecule has 0 amide bonds. The molecule has 1 heterocycles. The fraction of sp³-hybridized carbons (Fsp3) is 0.0625. The van der Waals surface area contributed by atoms with Gasteiger partial charge in [0.1, 0.15) is 4.64 Å². The van der Waals surface area contributed by atoms with Crippen molar-refractivity contribution in [3.05, 3.63) is 76.6 Å². The molecule has 0 bridgehead atoms. The summed E-state index contributed by atoms with van der Waals surface area (Å²) in [4.78, 5) is 4.59. The number of nitrogens with zero attached hydrogens (tertiary/aromatic N) is 2. The Bertz CT molecular complexity index is 751. The lowest BCUT2D eigenvalue weighted by Crippen LogP contribution is -2.01. The van der Waals surface area contributed by atoms with Crippen molar-refractivity contribution in [1.29, 1.82) is 0 Å². The minimum atomic E-state index is 0.591. The normalized spacial score (nSPS) is 10.4. The third kappa shape index (κ3) is 2.81. The predicted octanol–water partition coefficient (Wildman–Crippen LogP) is 3.79. The fourth-order valence-electron chi connectivity index (χ4n) is 2.00. The van der Waals surface area contributed by atoms with E-state index >= 15 is 0 Å². The summed E-state index contributed by atoms with van der Waals surface area (Å²) in [6.45, 7) is 0. The van der Waals surface area contributed by atoms with Crippen molar-refractivity contribution < 1.29 is 0 Å². The topological polar surface area (TPSA) is 41.6 Å². The summed E-state index contributed by atoms with van der Waals surface area (Å²) in [5.74, 6) is 0.671. The van der Waals surface area contributed by atoms with Gasteiger partial charge in [0, 0.05) is 12.0 Å². The number of benzene rings is 2. The highest BCUT2D eigenvalue weighted by molar-refractivity contribution is 7.71. The first-order valence-corrected chi connectivity index (χ1v) is 6.79. The van der Waals surface area contributed by atoms with Crippen LogP contribution >= 0.6 is 12.2 Å². The standard InChI is InChI=1S/C16H13N3S/c20-16-14(11-12-7-3-1-4-8-12)17-15(18-19-16)13-9-5-2-6-10-13/h1-10H,11H2,(H,19,20). The number of aromatic amines is 1. The third-order valence-corrected chi connectivity index (χ3v) is 3.34. The van der Waals surface area contributed by atoms with Crippen LogP contribution < -0.4 is 0 Å². The molecule has 0 aliphatic heterocycles. The molecule has 3 aromatic rings. The molecule has 0 spiro atoms. The van der Waals surface area contributed by atoms with Gasteiger partial charge < -0.3 is 0 Å². The van der Waals surface area contributed by atoms with Crippen LogP contribution in [0.2, 0.25) is 0 Å². The van der Waals surface area contributed by atoms with Crippen molar-refractivity contribution in [2.45, 2.75) is 6.42 Å². The molecule has 98 valence electrons. The van der Waals surface area contributed by atoms with E-state index in [4.69, 9.17) is 12.2 Å². The Hall–Kier alpha value is -2.33. The van der Waals surface area contributed by atoms with E-state index in [2.05, 4.69) is 27.3 Å². The molecule has 0 aliphatic carbocycles. The van der Waals surface area contributed by atoms with Crippen molar-refractivity contribution in [3.63, 3.8) is 0 Å². The smallest absolute Gasteiger partial charge is 0.179 e. The lowest BCUT2D eigenvalue weighted by molar-refractivity contribution is 0.908. The highest BCUT2D eigenvalue weighted by atomic mass is 32.1. The highest BCUT2D eigenvalue weighted by Crippen LogP contribution is 2.15. The molecule has 4 heteroatoms. The number of H-pyrrole nitrogens is 1. The zero-order valence-electron chi connectivity index (χ0n) is 10.8. The van der Waals surface area contributed by atoms with E-state index in [1.54, 1.807) is 0 Å². The van der Waals surface area contributed by atoms with Crippen LogP contribution in [0.5, 0.6) is 0 Å². The molecule has 0 saturated carbocycles. The van der Waals surface area contributed by atoms with E-state index < -0.39 is 0 Å². The first kappa shape index (κ1) is 12.7. The molecule has 1 aromatic heterocycles. The highest BCUT2D eigenvalue weighted by Gasteiger charge is 2.05. The van der Waals surface area contributed by atoms with Crippen molar-refractivity contribution >= 4 is 12.2 Å². The zero-order chi connectivity index (χ0) is 13.8. The Morgan fingerprint density at radius 2 is 1.55 bits per heavy atom. The maximum absolute atomic E-state index is 5.28. The van der Waals surface area contributed by atoms with E-state index in [-0.39, 0.29) is 0 Å². The van der Waals surface area contributed by atoms with Gasteiger partial charge in [-0.1, -0.05) is 72.9 Å². The van der Waals surface area contributed by atoms with Gasteiger partial charge >= 0.3 is 0 Å². The Balaban J connectivity index is 1.98. The Morgan fingerprint density at radius 3 is 2.25 bits per heavy atom. The SMILES string of the molecule is S=c1[nH]nc(-c2ccccc2)nc1Cc1ccccc1. The van der Waals surface area contributed by atoms with Crippen LogP contribution in [0.25, 0.3) is 11.4 Å². The van der Waals surface area contributed by atoms with Crippen molar-refractivity contribution in [2.75, 3.05) is 0 Å². The summed E-state index contributed by atoms with van der Waals surface area (Å²) >= 11 is 5.28. The molecular weight excluding hydrogens is 266 g/mol. The van der Waals surface area contributed by atoms with Crippen LogP contribution in [-0.4, -0.2) is 15.2 Å². The molecule has 2 aromatic carbocycles. The van der Waals surface area contributed by atoms with Crippen molar-refractivity contribution in [3.8, 4) is 11.4 Å². The van der Waals surface area contributed by atoms with Crippen molar-refractivity contribution in [2.24, 2.45) is 0 Å². The quantitative estimate of drug-likeness (QED) is 0.742. The molecule has 1 N–H and O–H groups in total. The molecule has 0 aliphatic rings. The molecule has 3 nitrogen and oxygen atoms in total. The number of hydrogen-bond acceptors (Lipinski definition) is 3. The van der Waals surface area contributed by atoms with E-state index in [1.165, 1.54) is 5.56 Å². The van der Waals surface area contributed by atoms with Crippen molar-refractivity contribution in [1.82, 2.24) is 15.2 Å². The van der Waals surface area contributed by atoms with E-state index in [9.17, 15) is 0 Å². The number of aromatic nitrogens is 3. The van der Waals surface area contributed by atoms with Crippen LogP contribution in [0.15, 0.2) is 60.7 Å². The summed E-state index contributed by atoms with van der Waals surface area (Å²) in [7, 11) is 0. The monoisotopic (exact) mass is 279 g/mol. The maximum atomic E-state index is 5.28. The molecule has 3 rings (SSSR count). The van der Waals surface area contributed by atoms with Gasteiger partial charge in [-0.3, -0.25) is 5.10 Å².